The van der Waals surface area contributed by atoms with Crippen molar-refractivity contribution in [2.24, 2.45) is 5.92 Å². The van der Waals surface area contributed by atoms with Crippen molar-refractivity contribution in [2.75, 3.05) is 24.7 Å². The Balaban J connectivity index is 1.55. The van der Waals surface area contributed by atoms with Crippen molar-refractivity contribution < 1.29 is 14.3 Å². The maximum Gasteiger partial charge on any atom is 0.173 e. The minimum Gasteiger partial charge on any atom is -0.486 e. The van der Waals surface area contributed by atoms with E-state index in [1.54, 1.807) is 12.1 Å². The van der Waals surface area contributed by atoms with Crippen LogP contribution < -0.4 is 4.74 Å². The van der Waals surface area contributed by atoms with Crippen molar-refractivity contribution in [1.29, 1.82) is 0 Å². The predicted octanol–water partition coefficient (Wildman–Crippen LogP) is 3.59. The van der Waals surface area contributed by atoms with Gasteiger partial charge in [0.15, 0.2) is 5.78 Å². The Morgan fingerprint density at radius 2 is 2.43 bits per heavy atom. The summed E-state index contributed by atoms with van der Waals surface area (Å²) in [6.07, 6.45) is 2.72. The van der Waals surface area contributed by atoms with Gasteiger partial charge < -0.3 is 9.47 Å². The van der Waals surface area contributed by atoms with E-state index in [0.29, 0.717) is 17.4 Å². The largest absolute Gasteiger partial charge is 0.486 e. The molecule has 2 aliphatic rings. The number of hydrogen-bond acceptors (Lipinski definition) is 4. The number of carbonyl (C=O) groups is 1. The van der Waals surface area contributed by atoms with E-state index < -0.39 is 0 Å². The van der Waals surface area contributed by atoms with Gasteiger partial charge in [-0.25, -0.2) is 0 Å². The summed E-state index contributed by atoms with van der Waals surface area (Å²) in [5.74, 6) is 3.05. The summed E-state index contributed by atoms with van der Waals surface area (Å²) in [5.41, 5.74) is -0.0563. The second-order valence-electron chi connectivity index (χ2n) is 5.74. The normalized spacial score (nSPS) is 28.7. The van der Waals surface area contributed by atoms with Crippen LogP contribution in [0.5, 0.6) is 5.75 Å². The van der Waals surface area contributed by atoms with Gasteiger partial charge in [0.05, 0.1) is 5.60 Å². The molecule has 3 rings (SSSR count). The first-order chi connectivity index (χ1) is 10.2. The van der Waals surface area contributed by atoms with Crippen LogP contribution in [0.4, 0.5) is 0 Å². The molecule has 1 aromatic rings. The highest BCUT2D eigenvalue weighted by atomic mass is 35.5. The minimum atomic E-state index is -0.0563. The topological polar surface area (TPSA) is 35.5 Å². The van der Waals surface area contributed by atoms with Gasteiger partial charge in [-0.15, -0.1) is 0 Å². The molecule has 21 heavy (non-hydrogen) atoms. The number of ether oxygens (including phenoxy) is 2. The third kappa shape index (κ3) is 3.74. The van der Waals surface area contributed by atoms with E-state index in [2.05, 4.69) is 0 Å². The molecule has 0 aromatic heterocycles. The second-order valence-corrected chi connectivity index (χ2v) is 7.28. The van der Waals surface area contributed by atoms with E-state index in [1.807, 2.05) is 23.9 Å². The molecule has 0 aliphatic carbocycles. The number of rotatable bonds is 4. The van der Waals surface area contributed by atoms with E-state index in [0.717, 1.165) is 30.8 Å². The highest BCUT2D eigenvalue weighted by molar-refractivity contribution is 7.99. The number of halogens is 1. The van der Waals surface area contributed by atoms with Crippen LogP contribution in [0.2, 0.25) is 5.02 Å². The molecule has 2 aliphatic heterocycles. The van der Waals surface area contributed by atoms with Crippen molar-refractivity contribution in [2.45, 2.75) is 24.9 Å². The molecule has 2 saturated heterocycles. The molecular weight excluding hydrogens is 308 g/mol. The molecule has 0 N–H and O–H groups in total. The first-order valence-corrected chi connectivity index (χ1v) is 8.83. The molecule has 0 bridgehead atoms. The van der Waals surface area contributed by atoms with Gasteiger partial charge in [-0.1, -0.05) is 17.7 Å². The maximum atomic E-state index is 12.4. The van der Waals surface area contributed by atoms with Gasteiger partial charge >= 0.3 is 0 Å². The van der Waals surface area contributed by atoms with E-state index in [9.17, 15) is 4.79 Å². The molecule has 0 amide bonds. The van der Waals surface area contributed by atoms with Crippen LogP contribution in [0.3, 0.4) is 0 Å². The van der Waals surface area contributed by atoms with Crippen molar-refractivity contribution in [1.82, 2.24) is 0 Å². The number of benzene rings is 1. The third-order valence-electron chi connectivity index (χ3n) is 4.19. The molecule has 5 heteroatoms. The SMILES string of the molecule is O=C(COc1cccc(Cl)c1)C1CCOC2(CCSC2)C1. The van der Waals surface area contributed by atoms with Gasteiger partial charge in [-0.3, -0.25) is 4.79 Å². The smallest absolute Gasteiger partial charge is 0.173 e. The molecule has 2 atom stereocenters. The number of thioether (sulfide) groups is 1. The monoisotopic (exact) mass is 326 g/mol. The van der Waals surface area contributed by atoms with Crippen LogP contribution >= 0.6 is 23.4 Å². The standard InChI is InChI=1S/C16H19ClO3S/c17-13-2-1-3-14(8-13)19-10-15(18)12-4-6-20-16(9-12)5-7-21-11-16/h1-3,8,12H,4-7,9-11H2. The van der Waals surface area contributed by atoms with E-state index in [4.69, 9.17) is 21.1 Å². The van der Waals surface area contributed by atoms with Crippen LogP contribution in [-0.2, 0) is 9.53 Å². The molecule has 0 radical (unpaired) electrons. The van der Waals surface area contributed by atoms with Crippen molar-refractivity contribution in [3.8, 4) is 5.75 Å². The number of carbonyl (C=O) groups excluding carboxylic acids is 1. The van der Waals surface area contributed by atoms with E-state index in [1.165, 1.54) is 0 Å². The molecule has 1 aromatic carbocycles. The Hall–Kier alpha value is -0.710. The van der Waals surface area contributed by atoms with Gasteiger partial charge in [0.1, 0.15) is 12.4 Å². The highest BCUT2D eigenvalue weighted by Gasteiger charge is 2.42. The van der Waals surface area contributed by atoms with E-state index in [-0.39, 0.29) is 23.9 Å². The molecule has 2 unspecified atom stereocenters. The predicted molar refractivity (Wildman–Crippen MR) is 85.3 cm³/mol. The van der Waals surface area contributed by atoms with Crippen molar-refractivity contribution >= 4 is 29.1 Å². The molecule has 2 fully saturated rings. The molecule has 0 saturated carbocycles. The Bertz CT molecular complexity index is 514. The molecule has 2 heterocycles. The number of ketones is 1. The Labute approximate surface area is 134 Å². The lowest BCUT2D eigenvalue weighted by atomic mass is 9.83. The Kier molecular flexibility index (Phi) is 4.77. The van der Waals surface area contributed by atoms with Gasteiger partial charge in [0.25, 0.3) is 0 Å². The lowest BCUT2D eigenvalue weighted by Gasteiger charge is -2.37. The summed E-state index contributed by atoms with van der Waals surface area (Å²) in [7, 11) is 0. The first kappa shape index (κ1) is 15.2. The Morgan fingerprint density at radius 1 is 1.52 bits per heavy atom. The van der Waals surface area contributed by atoms with Crippen molar-refractivity contribution in [3.63, 3.8) is 0 Å². The van der Waals surface area contributed by atoms with Crippen LogP contribution in [0, 0.1) is 5.92 Å². The fourth-order valence-corrected chi connectivity index (χ4v) is 4.55. The average Bonchev–Trinajstić information content (AvgIpc) is 2.93. The zero-order chi connectivity index (χ0) is 14.7. The highest BCUT2D eigenvalue weighted by Crippen LogP contribution is 2.40. The Morgan fingerprint density at radius 3 is 3.19 bits per heavy atom. The molecular formula is C16H19ClO3S. The van der Waals surface area contributed by atoms with Crippen LogP contribution in [0.15, 0.2) is 24.3 Å². The fraction of sp³-hybridized carbons (Fsp3) is 0.562. The van der Waals surface area contributed by atoms with Crippen LogP contribution in [0.1, 0.15) is 19.3 Å². The summed E-state index contributed by atoms with van der Waals surface area (Å²) < 4.78 is 11.5. The molecule has 3 nitrogen and oxygen atoms in total. The van der Waals surface area contributed by atoms with Crippen LogP contribution in [0.25, 0.3) is 0 Å². The zero-order valence-electron chi connectivity index (χ0n) is 11.8. The maximum absolute atomic E-state index is 12.4. The zero-order valence-corrected chi connectivity index (χ0v) is 13.4. The fourth-order valence-electron chi connectivity index (χ4n) is 2.99. The average molecular weight is 327 g/mol. The van der Waals surface area contributed by atoms with Gasteiger partial charge in [-0.2, -0.15) is 11.8 Å². The quantitative estimate of drug-likeness (QED) is 0.847. The lowest BCUT2D eigenvalue weighted by molar-refractivity contribution is -0.135. The summed E-state index contributed by atoms with van der Waals surface area (Å²) in [6.45, 7) is 0.808. The van der Waals surface area contributed by atoms with Gasteiger partial charge in [0.2, 0.25) is 0 Å². The first-order valence-electron chi connectivity index (χ1n) is 7.30. The summed E-state index contributed by atoms with van der Waals surface area (Å²) >= 11 is 7.83. The van der Waals surface area contributed by atoms with E-state index >= 15 is 0 Å². The van der Waals surface area contributed by atoms with Gasteiger partial charge in [-0.05, 0) is 43.2 Å². The van der Waals surface area contributed by atoms with Gasteiger partial charge in [0, 0.05) is 23.3 Å². The number of Topliss-reactive ketones (excluding diaryl/α,β-unsaturated/α-hetero) is 1. The summed E-state index contributed by atoms with van der Waals surface area (Å²) in [4.78, 5) is 12.4. The van der Waals surface area contributed by atoms with Crippen LogP contribution in [-0.4, -0.2) is 36.1 Å². The van der Waals surface area contributed by atoms with Crippen molar-refractivity contribution in [3.05, 3.63) is 29.3 Å². The molecule has 114 valence electrons. The minimum absolute atomic E-state index is 0.0563. The number of hydrogen-bond donors (Lipinski definition) is 0. The molecule has 1 spiro atoms. The second kappa shape index (κ2) is 6.59. The summed E-state index contributed by atoms with van der Waals surface area (Å²) in [6, 6.07) is 7.16. The third-order valence-corrected chi connectivity index (χ3v) is 5.65. The summed E-state index contributed by atoms with van der Waals surface area (Å²) in [5, 5.41) is 0.618. The lowest BCUT2D eigenvalue weighted by Crippen LogP contribution is -2.42.